The summed E-state index contributed by atoms with van der Waals surface area (Å²) in [7, 11) is 3.07. The molecule has 0 aliphatic heterocycles. The summed E-state index contributed by atoms with van der Waals surface area (Å²) < 4.78 is 9.40. The van der Waals surface area contributed by atoms with Gasteiger partial charge in [0.25, 0.3) is 0 Å². The van der Waals surface area contributed by atoms with Crippen molar-refractivity contribution in [3.63, 3.8) is 0 Å². The fourth-order valence-electron chi connectivity index (χ4n) is 0.742. The van der Waals surface area contributed by atoms with Crippen molar-refractivity contribution in [3.05, 3.63) is 17.8 Å². The molecule has 1 aromatic heterocycles. The highest BCUT2D eigenvalue weighted by Crippen LogP contribution is 2.02. The van der Waals surface area contributed by atoms with E-state index in [-0.39, 0.29) is 5.69 Å². The summed E-state index contributed by atoms with van der Waals surface area (Å²) in [6.07, 6.45) is 1.28. The number of aromatic nitrogens is 1. The average molecular weight is 170 g/mol. The molecule has 5 heteroatoms. The molecule has 0 unspecified atom stereocenters. The maximum atomic E-state index is 10.9. The molecule has 0 fully saturated rings. The van der Waals surface area contributed by atoms with E-state index in [4.69, 9.17) is 4.42 Å². The summed E-state index contributed by atoms with van der Waals surface area (Å²) in [5.41, 5.74) is 0.197. The number of nitrogens with zero attached hydrogens (tertiary/aromatic N) is 1. The number of esters is 1. The normalized spacial score (nSPS) is 9.83. The van der Waals surface area contributed by atoms with Gasteiger partial charge in [0.1, 0.15) is 6.26 Å². The maximum Gasteiger partial charge on any atom is 0.360 e. The van der Waals surface area contributed by atoms with Gasteiger partial charge in [-0.15, -0.1) is 0 Å². The molecular formula is C7H10N2O3. The molecule has 1 N–H and O–H groups in total. The first-order chi connectivity index (χ1) is 5.77. The van der Waals surface area contributed by atoms with E-state index in [1.807, 2.05) is 0 Å². The zero-order valence-corrected chi connectivity index (χ0v) is 6.96. The lowest BCUT2D eigenvalue weighted by Gasteiger charge is -1.90. The molecule has 5 nitrogen and oxygen atoms in total. The molecule has 1 heterocycles. The van der Waals surface area contributed by atoms with Crippen molar-refractivity contribution in [2.24, 2.45) is 0 Å². The Labute approximate surface area is 69.7 Å². The lowest BCUT2D eigenvalue weighted by molar-refractivity contribution is 0.0594. The van der Waals surface area contributed by atoms with Gasteiger partial charge in [0.05, 0.1) is 13.7 Å². The van der Waals surface area contributed by atoms with Crippen molar-refractivity contribution < 1.29 is 13.9 Å². The molecule has 0 saturated heterocycles. The highest BCUT2D eigenvalue weighted by atomic mass is 16.5. The van der Waals surface area contributed by atoms with Gasteiger partial charge in [0.15, 0.2) is 5.69 Å². The third kappa shape index (κ3) is 1.82. The summed E-state index contributed by atoms with van der Waals surface area (Å²) in [4.78, 5) is 14.7. The van der Waals surface area contributed by atoms with Crippen molar-refractivity contribution in [2.75, 3.05) is 14.2 Å². The molecule has 0 aromatic carbocycles. The first-order valence-electron chi connectivity index (χ1n) is 3.45. The van der Waals surface area contributed by atoms with Crippen LogP contribution in [0.3, 0.4) is 0 Å². The van der Waals surface area contributed by atoms with Gasteiger partial charge in [0, 0.05) is 0 Å². The van der Waals surface area contributed by atoms with Gasteiger partial charge in [-0.25, -0.2) is 9.78 Å². The van der Waals surface area contributed by atoms with Gasteiger partial charge >= 0.3 is 5.97 Å². The predicted octanol–water partition coefficient (Wildman–Crippen LogP) is 0.181. The van der Waals surface area contributed by atoms with Gasteiger partial charge in [-0.1, -0.05) is 0 Å². The molecule has 0 saturated carbocycles. The van der Waals surface area contributed by atoms with Crippen molar-refractivity contribution in [2.45, 2.75) is 6.54 Å². The van der Waals surface area contributed by atoms with E-state index in [9.17, 15) is 4.79 Å². The number of carbonyl (C=O) groups is 1. The smallest absolute Gasteiger partial charge is 0.360 e. The van der Waals surface area contributed by atoms with E-state index in [2.05, 4.69) is 15.0 Å². The van der Waals surface area contributed by atoms with E-state index in [0.29, 0.717) is 12.4 Å². The number of methoxy groups -OCH3 is 1. The van der Waals surface area contributed by atoms with Crippen LogP contribution in [0.15, 0.2) is 10.7 Å². The molecule has 66 valence electrons. The molecule has 0 radical (unpaired) electrons. The van der Waals surface area contributed by atoms with Crippen molar-refractivity contribution >= 4 is 5.97 Å². The van der Waals surface area contributed by atoms with Crippen LogP contribution in [-0.4, -0.2) is 25.1 Å². The summed E-state index contributed by atoms with van der Waals surface area (Å²) in [5.74, 6) is -0.0148. The Hall–Kier alpha value is -1.36. The lowest BCUT2D eigenvalue weighted by Crippen LogP contribution is -2.06. The van der Waals surface area contributed by atoms with E-state index in [1.54, 1.807) is 7.05 Å². The topological polar surface area (TPSA) is 64.4 Å². The zero-order valence-electron chi connectivity index (χ0n) is 6.96. The number of rotatable bonds is 3. The van der Waals surface area contributed by atoms with E-state index < -0.39 is 5.97 Å². The molecule has 0 aliphatic carbocycles. The second-order valence-electron chi connectivity index (χ2n) is 2.15. The van der Waals surface area contributed by atoms with Crippen LogP contribution in [0.4, 0.5) is 0 Å². The predicted molar refractivity (Wildman–Crippen MR) is 40.6 cm³/mol. The molecule has 12 heavy (non-hydrogen) atoms. The van der Waals surface area contributed by atoms with Crippen molar-refractivity contribution in [1.82, 2.24) is 10.3 Å². The largest absolute Gasteiger partial charge is 0.464 e. The second-order valence-corrected chi connectivity index (χ2v) is 2.15. The highest BCUT2D eigenvalue weighted by Gasteiger charge is 2.10. The molecule has 0 bridgehead atoms. The summed E-state index contributed by atoms with van der Waals surface area (Å²) >= 11 is 0. The summed E-state index contributed by atoms with van der Waals surface area (Å²) in [6, 6.07) is 0. The minimum absolute atomic E-state index is 0.197. The monoisotopic (exact) mass is 170 g/mol. The number of hydrogen-bond donors (Lipinski definition) is 1. The summed E-state index contributed by atoms with van der Waals surface area (Å²) in [6.45, 7) is 0.497. The first-order valence-corrected chi connectivity index (χ1v) is 3.45. The van der Waals surface area contributed by atoms with Crippen LogP contribution in [0.1, 0.15) is 16.4 Å². The fraction of sp³-hybridized carbons (Fsp3) is 0.429. The van der Waals surface area contributed by atoms with Gasteiger partial charge in [-0.2, -0.15) is 0 Å². The first kappa shape index (κ1) is 8.73. The quantitative estimate of drug-likeness (QED) is 0.655. The third-order valence-electron chi connectivity index (χ3n) is 1.27. The minimum atomic E-state index is -0.485. The van der Waals surface area contributed by atoms with Crippen LogP contribution in [0.25, 0.3) is 0 Å². The Morgan fingerprint density at radius 1 is 1.83 bits per heavy atom. The molecule has 0 amide bonds. The van der Waals surface area contributed by atoms with Gasteiger partial charge in [-0.05, 0) is 7.05 Å². The Balaban J connectivity index is 2.70. The van der Waals surface area contributed by atoms with Crippen LogP contribution in [0.5, 0.6) is 0 Å². The van der Waals surface area contributed by atoms with Crippen molar-refractivity contribution in [1.29, 1.82) is 0 Å². The SMILES string of the molecule is CNCc1nc(C(=O)OC)co1. The van der Waals surface area contributed by atoms with Crippen LogP contribution >= 0.6 is 0 Å². The van der Waals surface area contributed by atoms with Crippen molar-refractivity contribution in [3.8, 4) is 0 Å². The van der Waals surface area contributed by atoms with Gasteiger partial charge in [0.2, 0.25) is 5.89 Å². The Bertz CT molecular complexity index is 269. The molecule has 0 aliphatic rings. The van der Waals surface area contributed by atoms with Gasteiger partial charge < -0.3 is 14.5 Å². The number of ether oxygens (including phenoxy) is 1. The van der Waals surface area contributed by atoms with Crippen LogP contribution in [0, 0.1) is 0 Å². The molecule has 1 aromatic rings. The minimum Gasteiger partial charge on any atom is -0.464 e. The second kappa shape index (κ2) is 3.87. The Morgan fingerprint density at radius 3 is 3.17 bits per heavy atom. The molecule has 0 atom stereocenters. The fourth-order valence-corrected chi connectivity index (χ4v) is 0.742. The number of oxazole rings is 1. The van der Waals surface area contributed by atoms with Crippen LogP contribution < -0.4 is 5.32 Å². The standard InChI is InChI=1S/C7H10N2O3/c1-8-3-6-9-5(4-12-6)7(10)11-2/h4,8H,3H2,1-2H3. The summed E-state index contributed by atoms with van der Waals surface area (Å²) in [5, 5.41) is 2.85. The Kier molecular flexibility index (Phi) is 2.82. The van der Waals surface area contributed by atoms with Crippen LogP contribution in [0.2, 0.25) is 0 Å². The van der Waals surface area contributed by atoms with Gasteiger partial charge in [-0.3, -0.25) is 0 Å². The molecule has 0 spiro atoms. The number of hydrogen-bond acceptors (Lipinski definition) is 5. The third-order valence-corrected chi connectivity index (χ3v) is 1.27. The zero-order chi connectivity index (χ0) is 8.97. The van der Waals surface area contributed by atoms with Crippen LogP contribution in [-0.2, 0) is 11.3 Å². The average Bonchev–Trinajstić information content (AvgIpc) is 2.52. The molecular weight excluding hydrogens is 160 g/mol. The molecule has 1 rings (SSSR count). The number of carbonyl (C=O) groups excluding carboxylic acids is 1. The van der Waals surface area contributed by atoms with E-state index in [1.165, 1.54) is 13.4 Å². The number of nitrogens with one attached hydrogen (secondary N) is 1. The lowest BCUT2D eigenvalue weighted by atomic mass is 10.5. The van der Waals surface area contributed by atoms with E-state index >= 15 is 0 Å². The highest BCUT2D eigenvalue weighted by molar-refractivity contribution is 5.86. The van der Waals surface area contributed by atoms with E-state index in [0.717, 1.165) is 0 Å². The Morgan fingerprint density at radius 2 is 2.58 bits per heavy atom. The maximum absolute atomic E-state index is 10.9.